The van der Waals surface area contributed by atoms with Crippen LogP contribution in [0.3, 0.4) is 0 Å². The van der Waals surface area contributed by atoms with Gasteiger partial charge < -0.3 is 0 Å². The van der Waals surface area contributed by atoms with Gasteiger partial charge in [0.05, 0.1) is 16.2 Å². The Morgan fingerprint density at radius 2 is 0.449 bits per heavy atom. The first-order valence-electron chi connectivity index (χ1n) is 27.4. The van der Waals surface area contributed by atoms with Crippen LogP contribution in [0.15, 0.2) is 309 Å². The maximum absolute atomic E-state index is 2.37. The van der Waals surface area contributed by atoms with Crippen molar-refractivity contribution in [2.75, 3.05) is 0 Å². The fourth-order valence-corrected chi connectivity index (χ4v) is 13.9. The fourth-order valence-electron chi connectivity index (χ4n) is 13.9. The highest BCUT2D eigenvalue weighted by Gasteiger charge is 2.49. The van der Waals surface area contributed by atoms with E-state index in [-0.39, 0.29) is 16.2 Å². The van der Waals surface area contributed by atoms with Crippen LogP contribution in [0.4, 0.5) is 0 Å². The highest BCUT2D eigenvalue weighted by atomic mass is 14.5. The van der Waals surface area contributed by atoms with Gasteiger partial charge in [-0.05, 0) is 132 Å². The molecule has 0 radical (unpaired) electrons. The molecule has 0 N–H and O–H groups in total. The summed E-state index contributed by atoms with van der Waals surface area (Å²) >= 11 is 0. The molecule has 0 heterocycles. The zero-order chi connectivity index (χ0) is 52.7. The summed E-state index contributed by atoms with van der Waals surface area (Å²) in [6.45, 7) is 6.63. The van der Waals surface area contributed by atoms with E-state index in [1.807, 2.05) is 0 Å². The molecule has 372 valence electrons. The van der Waals surface area contributed by atoms with E-state index in [1.54, 1.807) is 0 Å². The molecule has 78 heavy (non-hydrogen) atoms. The van der Waals surface area contributed by atoms with Crippen LogP contribution in [0.5, 0.6) is 0 Å². The molecule has 15 rings (SSSR count). The quantitative estimate of drug-likeness (QED) is 0.156. The summed E-state index contributed by atoms with van der Waals surface area (Å²) in [6, 6.07) is 113. The van der Waals surface area contributed by atoms with Crippen LogP contribution < -0.4 is 0 Å². The summed E-state index contributed by atoms with van der Waals surface area (Å²) in [4.78, 5) is 0. The second-order valence-corrected chi connectivity index (χ2v) is 21.1. The van der Waals surface area contributed by atoms with Crippen molar-refractivity contribution in [3.05, 3.63) is 393 Å². The zero-order valence-corrected chi connectivity index (χ0v) is 44.4. The molecule has 0 aromatic heterocycles. The predicted molar refractivity (Wildman–Crippen MR) is 325 cm³/mol. The van der Waals surface area contributed by atoms with Gasteiger partial charge >= 0.3 is 0 Å². The molecule has 12 aromatic carbocycles. The van der Waals surface area contributed by atoms with Crippen LogP contribution in [0, 0.1) is 20.8 Å². The smallest absolute Gasteiger partial charge is 0.0622 e. The van der Waals surface area contributed by atoms with Gasteiger partial charge in [-0.2, -0.15) is 0 Å². The third-order valence-electron chi connectivity index (χ3n) is 17.0. The first kappa shape index (κ1) is 48.3. The Labute approximate surface area is 460 Å². The summed E-state index contributed by atoms with van der Waals surface area (Å²) in [5.74, 6) is 0. The maximum atomic E-state index is 2.37. The van der Waals surface area contributed by atoms with Crippen LogP contribution in [0.2, 0.25) is 0 Å². The summed E-state index contributed by atoms with van der Waals surface area (Å²) in [6.07, 6.45) is 0. The minimum atomic E-state index is -0.263. The average Bonchev–Trinajstić information content (AvgIpc) is 4.17. The summed E-state index contributed by atoms with van der Waals surface area (Å²) in [7, 11) is 0. The van der Waals surface area contributed by atoms with Crippen LogP contribution in [0.25, 0.3) is 33.4 Å². The second-order valence-electron chi connectivity index (χ2n) is 21.1. The number of aryl methyl sites for hydroxylation is 3. The Morgan fingerprint density at radius 1 is 0.192 bits per heavy atom. The molecule has 0 saturated heterocycles. The van der Waals surface area contributed by atoms with Crippen molar-refractivity contribution >= 4 is 0 Å². The van der Waals surface area contributed by atoms with Crippen molar-refractivity contribution < 1.29 is 0 Å². The van der Waals surface area contributed by atoms with Gasteiger partial charge in [0.15, 0.2) is 0 Å². The Bertz CT molecular complexity index is 3670. The molecule has 0 fully saturated rings. The molecule has 0 bridgehead atoms. The van der Waals surface area contributed by atoms with Gasteiger partial charge in [0, 0.05) is 0 Å². The van der Waals surface area contributed by atoms with E-state index < -0.39 is 0 Å². The number of fused-ring (bicyclic) bond motifs is 9. The van der Waals surface area contributed by atoms with Gasteiger partial charge in [0.2, 0.25) is 0 Å². The van der Waals surface area contributed by atoms with Crippen LogP contribution in [-0.4, -0.2) is 0 Å². The van der Waals surface area contributed by atoms with Crippen molar-refractivity contribution in [3.63, 3.8) is 0 Å². The highest BCUT2D eigenvalue weighted by Crippen LogP contribution is 2.59. The van der Waals surface area contributed by atoms with Gasteiger partial charge in [-0.3, -0.25) is 0 Å². The van der Waals surface area contributed by atoms with E-state index in [2.05, 4.69) is 330 Å². The van der Waals surface area contributed by atoms with Gasteiger partial charge in [-0.1, -0.05) is 315 Å². The largest absolute Gasteiger partial charge is 0.0713 e. The maximum Gasteiger partial charge on any atom is 0.0713 e. The molecule has 0 amide bonds. The molecule has 0 spiro atoms. The van der Waals surface area contributed by atoms with Crippen LogP contribution in [-0.2, 0) is 16.2 Å². The Hall–Kier alpha value is -9.36. The Balaban J connectivity index is 0.000000111. The number of rotatable bonds is 6. The second kappa shape index (κ2) is 20.0. The minimum absolute atomic E-state index is 0.263. The van der Waals surface area contributed by atoms with Gasteiger partial charge in [0.1, 0.15) is 0 Å². The lowest BCUT2D eigenvalue weighted by molar-refractivity contribution is 0.767. The average molecular weight is 997 g/mol. The van der Waals surface area contributed by atoms with E-state index in [1.165, 1.54) is 117 Å². The van der Waals surface area contributed by atoms with Crippen molar-refractivity contribution in [1.29, 1.82) is 0 Å². The SMILES string of the molecule is Cc1ccc2c(c1)C(c1ccccc1)(c1ccccc1)c1ccccc1-2.Cc1cccc2c1-c1ccccc1C2(c1ccccc1)c1ccccc1.Cc1cccc2c1-c1ccccc1C2(c1ccccc1)c1ccccc1. The van der Waals surface area contributed by atoms with Gasteiger partial charge in [-0.25, -0.2) is 0 Å². The standard InChI is InChI=1S/3C26H20/c2*1-19-11-10-18-24-25(19)22-16-8-9-17-23(22)26(24,20-12-4-2-5-13-20)21-14-6-3-7-15-21;1-19-16-17-23-22-14-8-9-15-24(22)26(25(23)18-19,20-10-4-2-5-11-20)21-12-6-3-7-13-21/h3*2-18H,1H3. The Kier molecular flexibility index (Phi) is 12.4. The van der Waals surface area contributed by atoms with Crippen molar-refractivity contribution in [2.24, 2.45) is 0 Å². The van der Waals surface area contributed by atoms with Gasteiger partial charge in [-0.15, -0.1) is 0 Å². The molecule has 0 aliphatic heterocycles. The first-order chi connectivity index (χ1) is 38.5. The lowest BCUT2D eigenvalue weighted by Gasteiger charge is -2.34. The number of hydrogen-bond donors (Lipinski definition) is 0. The molecule has 3 aliphatic carbocycles. The molecule has 0 unspecified atom stereocenters. The van der Waals surface area contributed by atoms with Crippen LogP contribution >= 0.6 is 0 Å². The Morgan fingerprint density at radius 3 is 0.795 bits per heavy atom. The molecular weight excluding hydrogens is 937 g/mol. The van der Waals surface area contributed by atoms with Crippen molar-refractivity contribution in [1.82, 2.24) is 0 Å². The fraction of sp³-hybridized carbons (Fsp3) is 0.0769. The minimum Gasteiger partial charge on any atom is -0.0622 e. The van der Waals surface area contributed by atoms with Crippen molar-refractivity contribution in [3.8, 4) is 33.4 Å². The van der Waals surface area contributed by atoms with E-state index in [9.17, 15) is 0 Å². The molecule has 3 aliphatic rings. The third-order valence-corrected chi connectivity index (χ3v) is 17.0. The van der Waals surface area contributed by atoms with Gasteiger partial charge in [0.25, 0.3) is 0 Å². The summed E-state index contributed by atoms with van der Waals surface area (Å²) in [5.41, 5.74) is 27.6. The molecule has 0 nitrogen and oxygen atoms in total. The lowest BCUT2D eigenvalue weighted by atomic mass is 9.67. The van der Waals surface area contributed by atoms with E-state index in [4.69, 9.17) is 0 Å². The van der Waals surface area contributed by atoms with E-state index >= 15 is 0 Å². The summed E-state index contributed by atoms with van der Waals surface area (Å²) < 4.78 is 0. The monoisotopic (exact) mass is 996 g/mol. The van der Waals surface area contributed by atoms with Crippen molar-refractivity contribution in [2.45, 2.75) is 37.0 Å². The highest BCUT2D eigenvalue weighted by molar-refractivity contribution is 5.90. The number of hydrogen-bond acceptors (Lipinski definition) is 0. The zero-order valence-electron chi connectivity index (χ0n) is 44.4. The molecule has 0 heteroatoms. The van der Waals surface area contributed by atoms with Crippen LogP contribution in [0.1, 0.15) is 83.5 Å². The summed E-state index contributed by atoms with van der Waals surface area (Å²) in [5, 5.41) is 0. The normalized spacial score (nSPS) is 13.9. The lowest BCUT2D eigenvalue weighted by Crippen LogP contribution is -2.28. The predicted octanol–water partition coefficient (Wildman–Crippen LogP) is 19.1. The van der Waals surface area contributed by atoms with E-state index in [0.717, 1.165) is 0 Å². The first-order valence-corrected chi connectivity index (χ1v) is 27.4. The molecule has 0 atom stereocenters. The molecular formula is C78H60. The molecule has 0 saturated carbocycles. The molecule has 12 aromatic rings. The third kappa shape index (κ3) is 7.43. The topological polar surface area (TPSA) is 0 Å². The number of benzene rings is 12. The van der Waals surface area contributed by atoms with E-state index in [0.29, 0.717) is 0 Å².